The second-order valence-electron chi connectivity index (χ2n) is 3.98. The third-order valence-electron chi connectivity index (χ3n) is 2.72. The number of rotatable bonds is 3. The van der Waals surface area contributed by atoms with Crippen molar-refractivity contribution in [3.63, 3.8) is 0 Å². The van der Waals surface area contributed by atoms with E-state index in [0.717, 1.165) is 6.07 Å². The van der Waals surface area contributed by atoms with Gasteiger partial charge in [-0.15, -0.1) is 0 Å². The Labute approximate surface area is 129 Å². The molecule has 2 aromatic rings. The summed E-state index contributed by atoms with van der Waals surface area (Å²) < 4.78 is 12.0. The summed E-state index contributed by atoms with van der Waals surface area (Å²) in [5.74, 6) is -0.602. The predicted molar refractivity (Wildman–Crippen MR) is 77.0 cm³/mol. The molecule has 0 fully saturated rings. The Morgan fingerprint density at radius 1 is 1.15 bits per heavy atom. The number of nitrogens with zero attached hydrogens (tertiary/aromatic N) is 1. The Morgan fingerprint density at radius 3 is 2.40 bits per heavy atom. The van der Waals surface area contributed by atoms with Crippen molar-refractivity contribution in [2.24, 2.45) is 0 Å². The summed E-state index contributed by atoms with van der Waals surface area (Å²) in [7, 11) is 0. The zero-order valence-corrected chi connectivity index (χ0v) is 12.1. The van der Waals surface area contributed by atoms with E-state index in [0.29, 0.717) is 0 Å². The van der Waals surface area contributed by atoms with Gasteiger partial charge in [0.1, 0.15) is 10.8 Å². The Morgan fingerprint density at radius 2 is 1.80 bits per heavy atom. The largest absolute Gasteiger partial charge is 0.288 e. The number of benzene rings is 2. The molecule has 0 amide bonds. The average Bonchev–Trinajstić information content (AvgIpc) is 2.38. The molecule has 3 nitrogen and oxygen atoms in total. The molecule has 0 heterocycles. The first-order valence-electron chi connectivity index (χ1n) is 5.41. The van der Waals surface area contributed by atoms with E-state index in [-0.39, 0.29) is 21.8 Å². The fourth-order valence-corrected chi connectivity index (χ4v) is 2.45. The normalized spacial score (nSPS) is 11.4. The smallest absolute Gasteiger partial charge is 0.258 e. The third kappa shape index (κ3) is 2.73. The second-order valence-corrected chi connectivity index (χ2v) is 5.71. The lowest BCUT2D eigenvalue weighted by Crippen LogP contribution is -2.14. The SMILES string of the molecule is O=[N+]([O-])c1cc(C(Cl)(Cl)c2ccccc2F)ccc1Cl. The van der Waals surface area contributed by atoms with Crippen LogP contribution in [0.5, 0.6) is 0 Å². The molecule has 0 atom stereocenters. The summed E-state index contributed by atoms with van der Waals surface area (Å²) in [6, 6.07) is 9.54. The number of hydrogen-bond donors (Lipinski definition) is 0. The van der Waals surface area contributed by atoms with Crippen molar-refractivity contribution in [1.82, 2.24) is 0 Å². The lowest BCUT2D eigenvalue weighted by atomic mass is 10.0. The maximum Gasteiger partial charge on any atom is 0.288 e. The highest BCUT2D eigenvalue weighted by Gasteiger charge is 2.33. The highest BCUT2D eigenvalue weighted by molar-refractivity contribution is 6.50. The second kappa shape index (κ2) is 5.56. The molecule has 0 saturated carbocycles. The van der Waals surface area contributed by atoms with Crippen LogP contribution in [0.25, 0.3) is 0 Å². The van der Waals surface area contributed by atoms with Crippen molar-refractivity contribution in [3.8, 4) is 0 Å². The zero-order chi connectivity index (χ0) is 14.9. The number of halogens is 4. The molecule has 0 saturated heterocycles. The van der Waals surface area contributed by atoms with Crippen molar-refractivity contribution in [3.05, 3.63) is 74.5 Å². The summed E-state index contributed by atoms with van der Waals surface area (Å²) in [5.41, 5.74) is -0.159. The number of nitro groups is 1. The van der Waals surface area contributed by atoms with Crippen molar-refractivity contribution < 1.29 is 9.31 Å². The predicted octanol–water partition coefficient (Wildman–Crippen LogP) is 5.07. The lowest BCUT2D eigenvalue weighted by molar-refractivity contribution is -0.384. The standard InChI is InChI=1S/C13H7Cl3FNO2/c14-10-6-5-8(7-12(10)18(19)20)13(15,16)9-3-1-2-4-11(9)17/h1-7H. The quantitative estimate of drug-likeness (QED) is 0.447. The molecule has 0 spiro atoms. The van der Waals surface area contributed by atoms with E-state index in [2.05, 4.69) is 0 Å². The molecular weight excluding hydrogens is 328 g/mol. The van der Waals surface area contributed by atoms with Gasteiger partial charge in [-0.3, -0.25) is 10.1 Å². The minimum atomic E-state index is -1.75. The van der Waals surface area contributed by atoms with Crippen LogP contribution in [-0.2, 0) is 4.33 Å². The molecule has 0 aliphatic carbocycles. The Hall–Kier alpha value is -1.36. The van der Waals surface area contributed by atoms with Crippen molar-refractivity contribution in [2.75, 3.05) is 0 Å². The van der Waals surface area contributed by atoms with E-state index in [4.69, 9.17) is 34.8 Å². The molecular formula is C13H7Cl3FNO2. The van der Waals surface area contributed by atoms with E-state index in [1.807, 2.05) is 0 Å². The molecule has 0 aliphatic heterocycles. The van der Waals surface area contributed by atoms with Gasteiger partial charge in [0.25, 0.3) is 5.69 Å². The molecule has 2 aromatic carbocycles. The molecule has 0 N–H and O–H groups in total. The fraction of sp³-hybridized carbons (Fsp3) is 0.0769. The Kier molecular flexibility index (Phi) is 4.18. The maximum atomic E-state index is 13.8. The first kappa shape index (κ1) is 15.0. The number of alkyl halides is 2. The Bertz CT molecular complexity index is 676. The molecule has 7 heteroatoms. The van der Waals surface area contributed by atoms with E-state index in [1.54, 1.807) is 6.07 Å². The van der Waals surface area contributed by atoms with Gasteiger partial charge in [0.15, 0.2) is 4.33 Å². The highest BCUT2D eigenvalue weighted by Crippen LogP contribution is 2.43. The van der Waals surface area contributed by atoms with Gasteiger partial charge in [-0.05, 0) is 17.7 Å². The average molecular weight is 335 g/mol. The molecule has 0 bridgehead atoms. The monoisotopic (exact) mass is 333 g/mol. The first-order valence-corrected chi connectivity index (χ1v) is 6.54. The summed E-state index contributed by atoms with van der Waals surface area (Å²) in [6.45, 7) is 0. The molecule has 0 radical (unpaired) electrons. The van der Waals surface area contributed by atoms with E-state index in [1.165, 1.54) is 30.3 Å². The minimum absolute atomic E-state index is 0.0138. The van der Waals surface area contributed by atoms with E-state index < -0.39 is 15.1 Å². The summed E-state index contributed by atoms with van der Waals surface area (Å²) in [4.78, 5) is 10.2. The van der Waals surface area contributed by atoms with Gasteiger partial charge in [0.05, 0.1) is 4.92 Å². The van der Waals surface area contributed by atoms with Crippen LogP contribution in [-0.4, -0.2) is 4.92 Å². The van der Waals surface area contributed by atoms with Gasteiger partial charge in [-0.2, -0.15) is 0 Å². The van der Waals surface area contributed by atoms with Crippen LogP contribution in [0.4, 0.5) is 10.1 Å². The first-order chi connectivity index (χ1) is 9.34. The maximum absolute atomic E-state index is 13.8. The molecule has 20 heavy (non-hydrogen) atoms. The van der Waals surface area contributed by atoms with Crippen LogP contribution < -0.4 is 0 Å². The third-order valence-corrected chi connectivity index (χ3v) is 3.88. The number of hydrogen-bond acceptors (Lipinski definition) is 2. The zero-order valence-electron chi connectivity index (χ0n) is 9.82. The topological polar surface area (TPSA) is 43.1 Å². The van der Waals surface area contributed by atoms with Gasteiger partial charge in [-0.25, -0.2) is 4.39 Å². The molecule has 0 unspecified atom stereocenters. The minimum Gasteiger partial charge on any atom is -0.258 e. The molecule has 104 valence electrons. The van der Waals surface area contributed by atoms with Crippen LogP contribution >= 0.6 is 34.8 Å². The Balaban J connectivity index is 2.58. The summed E-state index contributed by atoms with van der Waals surface area (Å²) in [6.07, 6.45) is 0. The van der Waals surface area contributed by atoms with E-state index >= 15 is 0 Å². The lowest BCUT2D eigenvalue weighted by Gasteiger charge is -2.21. The molecule has 0 aromatic heterocycles. The van der Waals surface area contributed by atoms with Crippen LogP contribution in [0.3, 0.4) is 0 Å². The van der Waals surface area contributed by atoms with Gasteiger partial charge in [0.2, 0.25) is 0 Å². The highest BCUT2D eigenvalue weighted by atomic mass is 35.5. The van der Waals surface area contributed by atoms with E-state index in [9.17, 15) is 14.5 Å². The summed E-state index contributed by atoms with van der Waals surface area (Å²) in [5, 5.41) is 10.8. The van der Waals surface area contributed by atoms with Crippen LogP contribution in [0.15, 0.2) is 42.5 Å². The fourth-order valence-electron chi connectivity index (χ4n) is 1.72. The van der Waals surface area contributed by atoms with Crippen molar-refractivity contribution in [1.29, 1.82) is 0 Å². The summed E-state index contributed by atoms with van der Waals surface area (Å²) >= 11 is 18.1. The van der Waals surface area contributed by atoms with Gasteiger partial charge < -0.3 is 0 Å². The van der Waals surface area contributed by atoms with Crippen LogP contribution in [0.2, 0.25) is 5.02 Å². The van der Waals surface area contributed by atoms with Gasteiger partial charge in [-0.1, -0.05) is 59.1 Å². The van der Waals surface area contributed by atoms with Gasteiger partial charge >= 0.3 is 0 Å². The van der Waals surface area contributed by atoms with Crippen LogP contribution in [0.1, 0.15) is 11.1 Å². The molecule has 0 aliphatic rings. The van der Waals surface area contributed by atoms with Gasteiger partial charge in [0, 0.05) is 11.6 Å². The molecule has 2 rings (SSSR count). The van der Waals surface area contributed by atoms with Crippen molar-refractivity contribution in [2.45, 2.75) is 4.33 Å². The van der Waals surface area contributed by atoms with Crippen molar-refractivity contribution >= 4 is 40.5 Å². The van der Waals surface area contributed by atoms with Crippen LogP contribution in [0, 0.1) is 15.9 Å². The number of nitro benzene ring substituents is 1.